The molecule has 0 radical (unpaired) electrons. The Morgan fingerprint density at radius 2 is 2.44 bits per heavy atom. The molecule has 0 amide bonds. The Labute approximate surface area is 96.4 Å². The molecule has 0 aromatic carbocycles. The van der Waals surface area contributed by atoms with E-state index >= 15 is 0 Å². The van der Waals surface area contributed by atoms with Crippen molar-refractivity contribution in [2.75, 3.05) is 7.11 Å². The Kier molecular flexibility index (Phi) is 4.25. The van der Waals surface area contributed by atoms with E-state index in [-0.39, 0.29) is 0 Å². The van der Waals surface area contributed by atoms with E-state index < -0.39 is 0 Å². The van der Waals surface area contributed by atoms with E-state index in [4.69, 9.17) is 4.74 Å². The molecular weight excluding hydrogens is 202 g/mol. The van der Waals surface area contributed by atoms with Crippen LogP contribution in [0.1, 0.15) is 31.4 Å². The third-order valence-corrected chi connectivity index (χ3v) is 3.17. The van der Waals surface area contributed by atoms with Gasteiger partial charge in [0.2, 0.25) is 0 Å². The lowest BCUT2D eigenvalue weighted by molar-refractivity contribution is 0.0585. The summed E-state index contributed by atoms with van der Waals surface area (Å²) >= 11 is 0. The fourth-order valence-electron chi connectivity index (χ4n) is 2.22. The molecule has 2 unspecified atom stereocenters. The van der Waals surface area contributed by atoms with Crippen molar-refractivity contribution >= 4 is 0 Å². The van der Waals surface area contributed by atoms with Crippen molar-refractivity contribution in [3.63, 3.8) is 0 Å². The number of ether oxygens (including phenoxy) is 1. The van der Waals surface area contributed by atoms with Gasteiger partial charge in [-0.1, -0.05) is 0 Å². The summed E-state index contributed by atoms with van der Waals surface area (Å²) in [6, 6.07) is 2.51. The van der Waals surface area contributed by atoms with Gasteiger partial charge < -0.3 is 10.1 Å². The molecule has 16 heavy (non-hydrogen) atoms. The van der Waals surface area contributed by atoms with E-state index in [1.165, 1.54) is 19.3 Å². The molecule has 1 aromatic rings. The highest BCUT2D eigenvalue weighted by Crippen LogP contribution is 2.20. The van der Waals surface area contributed by atoms with Crippen LogP contribution in [0.2, 0.25) is 0 Å². The Morgan fingerprint density at radius 3 is 3.19 bits per heavy atom. The number of nitrogens with one attached hydrogen (secondary N) is 1. The second-order valence-corrected chi connectivity index (χ2v) is 4.30. The lowest BCUT2D eigenvalue weighted by atomic mass is 9.93. The van der Waals surface area contributed by atoms with Crippen molar-refractivity contribution in [2.45, 2.75) is 44.4 Å². The van der Waals surface area contributed by atoms with Crippen LogP contribution in [0.3, 0.4) is 0 Å². The molecule has 0 bridgehead atoms. The molecular formula is C12H19N3O. The van der Waals surface area contributed by atoms with Gasteiger partial charge in [-0.15, -0.1) is 0 Å². The molecule has 1 saturated carbocycles. The van der Waals surface area contributed by atoms with Crippen LogP contribution >= 0.6 is 0 Å². The first-order chi connectivity index (χ1) is 7.88. The fraction of sp³-hybridized carbons (Fsp3) is 0.667. The van der Waals surface area contributed by atoms with Gasteiger partial charge in [0, 0.05) is 25.9 Å². The topological polar surface area (TPSA) is 47.0 Å². The zero-order chi connectivity index (χ0) is 11.2. The summed E-state index contributed by atoms with van der Waals surface area (Å²) in [5.74, 6) is 0. The lowest BCUT2D eigenvalue weighted by Gasteiger charge is -2.28. The summed E-state index contributed by atoms with van der Waals surface area (Å²) in [6.07, 6.45) is 8.60. The molecule has 0 aliphatic heterocycles. The molecule has 0 spiro atoms. The molecule has 2 atom stereocenters. The maximum Gasteiger partial charge on any atom is 0.115 e. The highest BCUT2D eigenvalue weighted by molar-refractivity contribution is 4.97. The van der Waals surface area contributed by atoms with Gasteiger partial charge in [-0.2, -0.15) is 0 Å². The third-order valence-electron chi connectivity index (χ3n) is 3.17. The fourth-order valence-corrected chi connectivity index (χ4v) is 2.22. The van der Waals surface area contributed by atoms with Crippen LogP contribution < -0.4 is 5.32 Å². The van der Waals surface area contributed by atoms with E-state index in [2.05, 4.69) is 15.3 Å². The first kappa shape index (κ1) is 11.5. The summed E-state index contributed by atoms with van der Waals surface area (Å²) in [5.41, 5.74) is 1.05. The quantitative estimate of drug-likeness (QED) is 0.837. The molecule has 4 heteroatoms. The van der Waals surface area contributed by atoms with E-state index in [9.17, 15) is 0 Å². The van der Waals surface area contributed by atoms with Crippen LogP contribution in [0.15, 0.2) is 18.6 Å². The minimum atomic E-state index is 0.427. The Morgan fingerprint density at radius 1 is 1.50 bits per heavy atom. The summed E-state index contributed by atoms with van der Waals surface area (Å²) < 4.78 is 5.41. The standard InChI is InChI=1S/C12H19N3O/c1-16-12-4-2-3-10(7-12)14-8-11-5-6-13-9-15-11/h5-6,9-10,12,14H,2-4,7-8H2,1H3. The molecule has 1 aromatic heterocycles. The summed E-state index contributed by atoms with van der Waals surface area (Å²) in [6.45, 7) is 0.823. The minimum absolute atomic E-state index is 0.427. The first-order valence-electron chi connectivity index (χ1n) is 5.89. The summed E-state index contributed by atoms with van der Waals surface area (Å²) in [7, 11) is 1.80. The zero-order valence-corrected chi connectivity index (χ0v) is 9.72. The van der Waals surface area contributed by atoms with Gasteiger partial charge in [-0.05, 0) is 31.7 Å². The molecule has 2 rings (SSSR count). The molecule has 1 heterocycles. The van der Waals surface area contributed by atoms with E-state index in [0.717, 1.165) is 18.7 Å². The number of methoxy groups -OCH3 is 1. The van der Waals surface area contributed by atoms with Gasteiger partial charge in [0.15, 0.2) is 0 Å². The smallest absolute Gasteiger partial charge is 0.115 e. The predicted molar refractivity (Wildman–Crippen MR) is 61.9 cm³/mol. The van der Waals surface area contributed by atoms with Crippen molar-refractivity contribution in [2.24, 2.45) is 0 Å². The van der Waals surface area contributed by atoms with Crippen LogP contribution in [-0.4, -0.2) is 29.2 Å². The second-order valence-electron chi connectivity index (χ2n) is 4.30. The van der Waals surface area contributed by atoms with Gasteiger partial charge in [0.05, 0.1) is 11.8 Å². The third kappa shape index (κ3) is 3.25. The van der Waals surface area contributed by atoms with Gasteiger partial charge in [0.25, 0.3) is 0 Å². The van der Waals surface area contributed by atoms with Crippen molar-refractivity contribution in [3.05, 3.63) is 24.3 Å². The van der Waals surface area contributed by atoms with Gasteiger partial charge in [-0.3, -0.25) is 0 Å². The van der Waals surface area contributed by atoms with Crippen molar-refractivity contribution < 1.29 is 4.74 Å². The van der Waals surface area contributed by atoms with E-state index in [0.29, 0.717) is 12.1 Å². The highest BCUT2D eigenvalue weighted by atomic mass is 16.5. The normalized spacial score (nSPS) is 25.6. The maximum atomic E-state index is 5.41. The van der Waals surface area contributed by atoms with Crippen LogP contribution in [-0.2, 0) is 11.3 Å². The van der Waals surface area contributed by atoms with Crippen molar-refractivity contribution in [3.8, 4) is 0 Å². The Bertz CT molecular complexity index is 304. The SMILES string of the molecule is COC1CCCC(NCc2ccncn2)C1. The number of aromatic nitrogens is 2. The number of nitrogens with zero attached hydrogens (tertiary/aromatic N) is 2. The highest BCUT2D eigenvalue weighted by Gasteiger charge is 2.20. The lowest BCUT2D eigenvalue weighted by Crippen LogP contribution is -2.36. The number of hydrogen-bond donors (Lipinski definition) is 1. The summed E-state index contributed by atoms with van der Waals surface area (Å²) in [5, 5.41) is 3.53. The Hall–Kier alpha value is -1.00. The second kappa shape index (κ2) is 5.92. The zero-order valence-electron chi connectivity index (χ0n) is 9.72. The van der Waals surface area contributed by atoms with Gasteiger partial charge in [0.1, 0.15) is 6.33 Å². The van der Waals surface area contributed by atoms with Gasteiger partial charge in [-0.25, -0.2) is 9.97 Å². The molecule has 4 nitrogen and oxygen atoms in total. The Balaban J connectivity index is 1.77. The van der Waals surface area contributed by atoms with Crippen LogP contribution in [0.5, 0.6) is 0 Å². The molecule has 0 saturated heterocycles. The molecule has 1 fully saturated rings. The van der Waals surface area contributed by atoms with E-state index in [1.54, 1.807) is 19.6 Å². The molecule has 1 aliphatic rings. The largest absolute Gasteiger partial charge is 0.381 e. The van der Waals surface area contributed by atoms with Crippen LogP contribution in [0.4, 0.5) is 0 Å². The average Bonchev–Trinajstić information content (AvgIpc) is 2.38. The average molecular weight is 221 g/mol. The predicted octanol–water partition coefficient (Wildman–Crippen LogP) is 1.52. The monoisotopic (exact) mass is 221 g/mol. The first-order valence-corrected chi connectivity index (χ1v) is 5.89. The van der Waals surface area contributed by atoms with Crippen molar-refractivity contribution in [1.29, 1.82) is 0 Å². The van der Waals surface area contributed by atoms with Crippen LogP contribution in [0.25, 0.3) is 0 Å². The van der Waals surface area contributed by atoms with Crippen LogP contribution in [0, 0.1) is 0 Å². The molecule has 1 aliphatic carbocycles. The molecule has 1 N–H and O–H groups in total. The van der Waals surface area contributed by atoms with E-state index in [1.807, 2.05) is 6.07 Å². The number of rotatable bonds is 4. The maximum absolute atomic E-state index is 5.41. The molecule has 88 valence electrons. The minimum Gasteiger partial charge on any atom is -0.381 e. The summed E-state index contributed by atoms with van der Waals surface area (Å²) in [4.78, 5) is 8.10. The van der Waals surface area contributed by atoms with Gasteiger partial charge >= 0.3 is 0 Å². The number of hydrogen-bond acceptors (Lipinski definition) is 4. The van der Waals surface area contributed by atoms with Crippen molar-refractivity contribution in [1.82, 2.24) is 15.3 Å².